The van der Waals surface area contributed by atoms with Gasteiger partial charge < -0.3 is 11.1 Å². The fourth-order valence-corrected chi connectivity index (χ4v) is 3.07. The van der Waals surface area contributed by atoms with Crippen LogP contribution in [0.2, 0.25) is 0 Å². The number of hydrogen-bond acceptors (Lipinski definition) is 8. The van der Waals surface area contributed by atoms with Crippen molar-refractivity contribution in [2.45, 2.75) is 31.6 Å². The van der Waals surface area contributed by atoms with Gasteiger partial charge in [-0.3, -0.25) is 10.1 Å². The summed E-state index contributed by atoms with van der Waals surface area (Å²) in [6.07, 6.45) is 7.17. The van der Waals surface area contributed by atoms with Crippen LogP contribution in [0.5, 0.6) is 0 Å². The molecule has 0 radical (unpaired) electrons. The molecule has 30 heavy (non-hydrogen) atoms. The number of nitrogens with one attached hydrogen (secondary N) is 3. The topological polar surface area (TPSA) is 132 Å². The van der Waals surface area contributed by atoms with E-state index in [0.717, 1.165) is 41.4 Å². The lowest BCUT2D eigenvalue weighted by molar-refractivity contribution is 0.658. The molecule has 1 fully saturated rings. The summed E-state index contributed by atoms with van der Waals surface area (Å²) in [6, 6.07) is 11.9. The molecule has 0 unspecified atom stereocenters. The number of rotatable bonds is 10. The predicted octanol–water partition coefficient (Wildman–Crippen LogP) is 2.88. The van der Waals surface area contributed by atoms with Gasteiger partial charge >= 0.3 is 0 Å². The first kappa shape index (κ1) is 19.8. The number of nitrogens with zero attached hydrogens (tertiary/aromatic N) is 5. The van der Waals surface area contributed by atoms with Gasteiger partial charge in [0.2, 0.25) is 5.95 Å². The van der Waals surface area contributed by atoms with Gasteiger partial charge in [0.25, 0.3) is 0 Å². The lowest BCUT2D eigenvalue weighted by Crippen LogP contribution is -2.35. The maximum atomic E-state index is 8.77. The van der Waals surface area contributed by atoms with E-state index in [0.29, 0.717) is 24.8 Å². The number of aromatic amines is 1. The summed E-state index contributed by atoms with van der Waals surface area (Å²) < 4.78 is 0. The summed E-state index contributed by atoms with van der Waals surface area (Å²) >= 11 is 0. The number of nitrogens with two attached hydrogens (primary N) is 1. The van der Waals surface area contributed by atoms with Crippen molar-refractivity contribution in [2.75, 3.05) is 23.4 Å². The quantitative estimate of drug-likeness (QED) is 0.300. The highest BCUT2D eigenvalue weighted by molar-refractivity contribution is 5.59. The molecule has 1 aliphatic rings. The zero-order chi connectivity index (χ0) is 20.8. The van der Waals surface area contributed by atoms with Crippen LogP contribution in [-0.4, -0.2) is 33.3 Å². The van der Waals surface area contributed by atoms with Crippen molar-refractivity contribution in [1.29, 1.82) is 5.26 Å². The van der Waals surface area contributed by atoms with Crippen LogP contribution in [0.25, 0.3) is 0 Å². The van der Waals surface area contributed by atoms with Gasteiger partial charge in [0.15, 0.2) is 5.82 Å². The molecule has 2 aromatic heterocycles. The first-order valence-corrected chi connectivity index (χ1v) is 10.1. The van der Waals surface area contributed by atoms with Crippen LogP contribution in [-0.2, 0) is 6.42 Å². The Hall–Kier alpha value is -3.48. The van der Waals surface area contributed by atoms with Crippen LogP contribution in [0, 0.1) is 11.3 Å². The minimum absolute atomic E-state index is 0.397. The van der Waals surface area contributed by atoms with Crippen molar-refractivity contribution in [1.82, 2.24) is 25.6 Å². The van der Waals surface area contributed by atoms with E-state index in [-0.39, 0.29) is 0 Å². The highest BCUT2D eigenvalue weighted by atomic mass is 15.5. The molecule has 4 rings (SSSR count). The van der Waals surface area contributed by atoms with E-state index in [9.17, 15) is 0 Å². The van der Waals surface area contributed by atoms with Gasteiger partial charge in [-0.15, -0.1) is 0 Å². The molecular formula is C21H25N9. The first-order valence-electron chi connectivity index (χ1n) is 10.1. The Morgan fingerprint density at radius 1 is 1.20 bits per heavy atom. The molecule has 1 aromatic carbocycles. The largest absolute Gasteiger partial charge is 0.330 e. The first-order chi connectivity index (χ1) is 14.8. The van der Waals surface area contributed by atoms with Crippen LogP contribution < -0.4 is 21.5 Å². The van der Waals surface area contributed by atoms with Crippen LogP contribution in [0.4, 0.5) is 23.1 Å². The van der Waals surface area contributed by atoms with Crippen molar-refractivity contribution in [3.05, 3.63) is 54.0 Å². The van der Waals surface area contributed by atoms with Gasteiger partial charge in [-0.25, -0.2) is 15.4 Å². The average Bonchev–Trinajstić information content (AvgIpc) is 3.51. The number of benzene rings is 1. The van der Waals surface area contributed by atoms with Crippen molar-refractivity contribution >= 4 is 23.1 Å². The molecule has 0 aliphatic heterocycles. The smallest absolute Gasteiger partial charge is 0.227 e. The SMILES string of the molecule is N#CCc1ccc(Nc2ncc(N(NCCCN)c3cc(C4CC4)[nH]n3)cn2)cc1. The molecule has 9 nitrogen and oxygen atoms in total. The highest BCUT2D eigenvalue weighted by Gasteiger charge is 2.26. The monoisotopic (exact) mass is 403 g/mol. The Balaban J connectivity index is 1.47. The molecule has 154 valence electrons. The van der Waals surface area contributed by atoms with E-state index in [4.69, 9.17) is 11.0 Å². The summed E-state index contributed by atoms with van der Waals surface area (Å²) in [5.74, 6) is 1.88. The Morgan fingerprint density at radius 2 is 1.97 bits per heavy atom. The molecule has 0 amide bonds. The van der Waals surface area contributed by atoms with Crippen LogP contribution >= 0.6 is 0 Å². The average molecular weight is 403 g/mol. The lowest BCUT2D eigenvalue weighted by Gasteiger charge is -2.22. The fraction of sp³-hybridized carbons (Fsp3) is 0.333. The maximum absolute atomic E-state index is 8.77. The van der Waals surface area contributed by atoms with E-state index in [2.05, 4.69) is 43.0 Å². The molecule has 1 saturated carbocycles. The molecule has 0 spiro atoms. The molecular weight excluding hydrogens is 378 g/mol. The minimum atomic E-state index is 0.397. The number of H-pyrrole nitrogens is 1. The standard InChI is InChI=1S/C21H25N9/c22-9-1-11-26-30(20-12-19(28-29-20)16-4-5-16)18-13-24-21(25-14-18)27-17-6-2-15(3-7-17)8-10-23/h2-3,6-7,12-14,16,26H,1,4-5,8-9,11,22H2,(H,28,29)(H,24,25,27). The van der Waals surface area contributed by atoms with Gasteiger partial charge in [0.05, 0.1) is 30.6 Å². The van der Waals surface area contributed by atoms with E-state index >= 15 is 0 Å². The Kier molecular flexibility index (Phi) is 6.17. The van der Waals surface area contributed by atoms with Gasteiger partial charge in [-0.05, 0) is 43.5 Å². The normalized spacial score (nSPS) is 13.1. The predicted molar refractivity (Wildman–Crippen MR) is 115 cm³/mol. The number of hydrogen-bond donors (Lipinski definition) is 4. The third-order valence-corrected chi connectivity index (χ3v) is 4.87. The molecule has 1 aliphatic carbocycles. The Labute approximate surface area is 175 Å². The molecule has 9 heteroatoms. The highest BCUT2D eigenvalue weighted by Crippen LogP contribution is 2.40. The molecule has 5 N–H and O–H groups in total. The molecule has 0 atom stereocenters. The van der Waals surface area contributed by atoms with E-state index in [1.54, 1.807) is 12.4 Å². The van der Waals surface area contributed by atoms with Crippen LogP contribution in [0.1, 0.15) is 36.4 Å². The van der Waals surface area contributed by atoms with Crippen molar-refractivity contribution < 1.29 is 0 Å². The van der Waals surface area contributed by atoms with Gasteiger partial charge in [0.1, 0.15) is 0 Å². The van der Waals surface area contributed by atoms with Crippen LogP contribution in [0.15, 0.2) is 42.7 Å². The maximum Gasteiger partial charge on any atom is 0.227 e. The van der Waals surface area contributed by atoms with E-state index < -0.39 is 0 Å². The Bertz CT molecular complexity index is 985. The summed E-state index contributed by atoms with van der Waals surface area (Å²) in [5, 5.41) is 21.4. The second-order valence-electron chi connectivity index (χ2n) is 7.26. The second kappa shape index (κ2) is 9.35. The zero-order valence-corrected chi connectivity index (χ0v) is 16.7. The number of hydrazine groups is 1. The third kappa shape index (κ3) is 4.92. The van der Waals surface area contributed by atoms with Crippen molar-refractivity contribution in [3.8, 4) is 6.07 Å². The zero-order valence-electron chi connectivity index (χ0n) is 16.7. The van der Waals surface area contributed by atoms with E-state index in [1.165, 1.54) is 12.8 Å². The number of nitriles is 1. The van der Waals surface area contributed by atoms with E-state index in [1.807, 2.05) is 29.3 Å². The minimum Gasteiger partial charge on any atom is -0.330 e. The van der Waals surface area contributed by atoms with Gasteiger partial charge in [0, 0.05) is 29.9 Å². The van der Waals surface area contributed by atoms with Gasteiger partial charge in [-0.2, -0.15) is 10.4 Å². The molecule has 2 heterocycles. The van der Waals surface area contributed by atoms with Crippen LogP contribution in [0.3, 0.4) is 0 Å². The summed E-state index contributed by atoms with van der Waals surface area (Å²) in [6.45, 7) is 1.33. The Morgan fingerprint density at radius 3 is 2.63 bits per heavy atom. The molecule has 3 aromatic rings. The molecule has 0 bridgehead atoms. The van der Waals surface area contributed by atoms with Crippen molar-refractivity contribution in [2.24, 2.45) is 5.73 Å². The fourth-order valence-electron chi connectivity index (χ4n) is 3.07. The lowest BCUT2D eigenvalue weighted by atomic mass is 10.1. The molecule has 0 saturated heterocycles. The van der Waals surface area contributed by atoms with Crippen molar-refractivity contribution in [3.63, 3.8) is 0 Å². The summed E-state index contributed by atoms with van der Waals surface area (Å²) in [4.78, 5) is 8.89. The number of anilines is 4. The van der Waals surface area contributed by atoms with Gasteiger partial charge in [-0.1, -0.05) is 12.1 Å². The summed E-state index contributed by atoms with van der Waals surface area (Å²) in [5.41, 5.74) is 12.8. The summed E-state index contributed by atoms with van der Waals surface area (Å²) in [7, 11) is 0. The second-order valence-corrected chi connectivity index (χ2v) is 7.26. The number of aromatic nitrogens is 4. The third-order valence-electron chi connectivity index (χ3n) is 4.87.